The maximum absolute atomic E-state index is 9.44. The maximum atomic E-state index is 9.44. The van der Waals surface area contributed by atoms with E-state index in [2.05, 4.69) is 26.3 Å². The highest BCUT2D eigenvalue weighted by Gasteiger charge is 2.16. The van der Waals surface area contributed by atoms with Gasteiger partial charge in [-0.25, -0.2) is 4.68 Å². The van der Waals surface area contributed by atoms with Gasteiger partial charge in [0.15, 0.2) is 0 Å². The highest BCUT2D eigenvalue weighted by Crippen LogP contribution is 2.27. The van der Waals surface area contributed by atoms with Gasteiger partial charge in [-0.1, -0.05) is 24.5 Å². The van der Waals surface area contributed by atoms with Gasteiger partial charge in [-0.15, -0.1) is 5.10 Å². The van der Waals surface area contributed by atoms with Crippen molar-refractivity contribution in [2.24, 2.45) is 0 Å². The lowest BCUT2D eigenvalue weighted by atomic mass is 9.96. The van der Waals surface area contributed by atoms with Crippen LogP contribution in [0.15, 0.2) is 18.5 Å². The summed E-state index contributed by atoms with van der Waals surface area (Å²) in [6.45, 7) is 2.28. The monoisotopic (exact) mass is 275 g/mol. The normalized spacial score (nSPS) is 18.3. The van der Waals surface area contributed by atoms with Crippen molar-refractivity contribution in [3.63, 3.8) is 0 Å². The molecule has 1 fully saturated rings. The summed E-state index contributed by atoms with van der Waals surface area (Å²) in [6, 6.07) is 2.60. The van der Waals surface area contributed by atoms with E-state index in [0.29, 0.717) is 18.3 Å². The molecule has 2 aromatic heterocycles. The van der Waals surface area contributed by atoms with Crippen LogP contribution >= 0.6 is 0 Å². The first kappa shape index (κ1) is 13.3. The summed E-state index contributed by atoms with van der Waals surface area (Å²) < 4.78 is 3.82. The smallest absolute Gasteiger partial charge is 0.111 e. The van der Waals surface area contributed by atoms with Crippen molar-refractivity contribution in [1.29, 1.82) is 0 Å². The zero-order chi connectivity index (χ0) is 13.9. The largest absolute Gasteiger partial charge is 0.387 e. The van der Waals surface area contributed by atoms with Gasteiger partial charge in [0.05, 0.1) is 30.6 Å². The van der Waals surface area contributed by atoms with E-state index >= 15 is 0 Å². The Kier molecular flexibility index (Phi) is 3.82. The molecule has 0 spiro atoms. The second kappa shape index (κ2) is 5.75. The van der Waals surface area contributed by atoms with Crippen LogP contribution in [0.3, 0.4) is 0 Å². The van der Waals surface area contributed by atoms with Crippen LogP contribution in [-0.4, -0.2) is 29.9 Å². The van der Waals surface area contributed by atoms with Crippen molar-refractivity contribution >= 4 is 0 Å². The SMILES string of the molecule is CC(O)c1cn(Cc2ccn(C3CCCCC3)n2)nn1. The third-order valence-corrected chi connectivity index (χ3v) is 3.92. The molecule has 1 N–H and O–H groups in total. The van der Waals surface area contributed by atoms with Crippen LogP contribution in [0.4, 0.5) is 0 Å². The van der Waals surface area contributed by atoms with Gasteiger partial charge in [-0.05, 0) is 25.8 Å². The van der Waals surface area contributed by atoms with Crippen LogP contribution in [0, 0.1) is 0 Å². The van der Waals surface area contributed by atoms with E-state index in [9.17, 15) is 5.11 Å². The Morgan fingerprint density at radius 1 is 1.35 bits per heavy atom. The van der Waals surface area contributed by atoms with E-state index in [1.54, 1.807) is 17.8 Å². The van der Waals surface area contributed by atoms with Crippen LogP contribution in [0.5, 0.6) is 0 Å². The van der Waals surface area contributed by atoms with Crippen molar-refractivity contribution in [3.05, 3.63) is 29.8 Å². The lowest BCUT2D eigenvalue weighted by Crippen LogP contribution is -2.13. The standard InChI is InChI=1S/C14H21N5O/c1-11(20)14-10-18(17-15-14)9-12-7-8-19(16-12)13-5-3-2-4-6-13/h7-8,10-11,13,20H,2-6,9H2,1H3. The van der Waals surface area contributed by atoms with Crippen molar-refractivity contribution in [2.75, 3.05) is 0 Å². The fraction of sp³-hybridized carbons (Fsp3) is 0.643. The highest BCUT2D eigenvalue weighted by molar-refractivity contribution is 5.02. The molecule has 0 aromatic carbocycles. The van der Waals surface area contributed by atoms with Gasteiger partial charge in [0.1, 0.15) is 5.69 Å². The Labute approximate surface area is 118 Å². The second-order valence-electron chi connectivity index (χ2n) is 5.60. The van der Waals surface area contributed by atoms with Crippen molar-refractivity contribution < 1.29 is 5.11 Å². The number of hydrogen-bond donors (Lipinski definition) is 1. The molecule has 6 heteroatoms. The summed E-state index contributed by atoms with van der Waals surface area (Å²) >= 11 is 0. The van der Waals surface area contributed by atoms with Gasteiger partial charge in [0, 0.05) is 6.20 Å². The van der Waals surface area contributed by atoms with Gasteiger partial charge < -0.3 is 5.11 Å². The molecule has 3 rings (SSSR count). The minimum atomic E-state index is -0.580. The second-order valence-corrected chi connectivity index (χ2v) is 5.60. The van der Waals surface area contributed by atoms with E-state index in [4.69, 9.17) is 0 Å². The number of aliphatic hydroxyl groups is 1. The fourth-order valence-electron chi connectivity index (χ4n) is 2.76. The Morgan fingerprint density at radius 3 is 2.85 bits per heavy atom. The van der Waals surface area contributed by atoms with Gasteiger partial charge >= 0.3 is 0 Å². The first-order valence-electron chi connectivity index (χ1n) is 7.34. The molecule has 2 aromatic rings. The van der Waals surface area contributed by atoms with Crippen LogP contribution in [0.25, 0.3) is 0 Å². The van der Waals surface area contributed by atoms with Gasteiger partial charge in [0.25, 0.3) is 0 Å². The Bertz CT molecular complexity index is 553. The molecule has 1 unspecified atom stereocenters. The molecule has 20 heavy (non-hydrogen) atoms. The first-order chi connectivity index (χ1) is 9.72. The fourth-order valence-corrected chi connectivity index (χ4v) is 2.76. The molecule has 0 amide bonds. The average Bonchev–Trinajstić information content (AvgIpc) is 3.10. The average molecular weight is 275 g/mol. The molecule has 2 heterocycles. The van der Waals surface area contributed by atoms with Crippen molar-refractivity contribution in [1.82, 2.24) is 24.8 Å². The van der Waals surface area contributed by atoms with Crippen molar-refractivity contribution in [3.8, 4) is 0 Å². The summed E-state index contributed by atoms with van der Waals surface area (Å²) in [7, 11) is 0. The predicted octanol–water partition coefficient (Wildman–Crippen LogP) is 2.08. The summed E-state index contributed by atoms with van der Waals surface area (Å²) in [5.41, 5.74) is 1.58. The summed E-state index contributed by atoms with van der Waals surface area (Å²) in [5.74, 6) is 0. The molecule has 0 bridgehead atoms. The molecular formula is C14H21N5O. The highest BCUT2D eigenvalue weighted by atomic mass is 16.3. The lowest BCUT2D eigenvalue weighted by molar-refractivity contribution is 0.194. The molecule has 1 atom stereocenters. The van der Waals surface area contributed by atoms with Crippen molar-refractivity contribution in [2.45, 2.75) is 57.7 Å². The van der Waals surface area contributed by atoms with Crippen LogP contribution in [-0.2, 0) is 6.54 Å². The number of hydrogen-bond acceptors (Lipinski definition) is 4. The molecule has 1 saturated carbocycles. The summed E-state index contributed by atoms with van der Waals surface area (Å²) in [6.07, 6.45) is 9.69. The number of rotatable bonds is 4. The minimum Gasteiger partial charge on any atom is -0.387 e. The molecule has 0 aliphatic heterocycles. The number of nitrogens with zero attached hydrogens (tertiary/aromatic N) is 5. The molecule has 1 aliphatic carbocycles. The van der Waals surface area contributed by atoms with Gasteiger partial charge in [-0.2, -0.15) is 5.10 Å². The maximum Gasteiger partial charge on any atom is 0.111 e. The molecule has 6 nitrogen and oxygen atoms in total. The molecule has 108 valence electrons. The molecular weight excluding hydrogens is 254 g/mol. The van der Waals surface area contributed by atoms with Crippen LogP contribution < -0.4 is 0 Å². The molecule has 1 aliphatic rings. The predicted molar refractivity (Wildman–Crippen MR) is 74.1 cm³/mol. The number of aromatic nitrogens is 5. The summed E-state index contributed by atoms with van der Waals surface area (Å²) in [5, 5.41) is 22.0. The van der Waals surface area contributed by atoms with E-state index in [1.165, 1.54) is 32.1 Å². The van der Waals surface area contributed by atoms with E-state index in [-0.39, 0.29) is 0 Å². The van der Waals surface area contributed by atoms with Gasteiger partial charge in [-0.3, -0.25) is 4.68 Å². The third-order valence-electron chi connectivity index (χ3n) is 3.92. The zero-order valence-corrected chi connectivity index (χ0v) is 11.8. The Hall–Kier alpha value is -1.69. The molecule has 0 radical (unpaired) electrons. The van der Waals surface area contributed by atoms with Crippen LogP contribution in [0.1, 0.15) is 62.6 Å². The molecule has 0 saturated heterocycles. The summed E-state index contributed by atoms with van der Waals surface area (Å²) in [4.78, 5) is 0. The Morgan fingerprint density at radius 2 is 2.15 bits per heavy atom. The van der Waals surface area contributed by atoms with E-state index in [1.807, 2.05) is 6.07 Å². The van der Waals surface area contributed by atoms with E-state index < -0.39 is 6.10 Å². The minimum absolute atomic E-state index is 0.557. The van der Waals surface area contributed by atoms with Gasteiger partial charge in [0.2, 0.25) is 0 Å². The zero-order valence-electron chi connectivity index (χ0n) is 11.8. The quantitative estimate of drug-likeness (QED) is 0.927. The third kappa shape index (κ3) is 2.90. The van der Waals surface area contributed by atoms with E-state index in [0.717, 1.165) is 5.69 Å². The Balaban J connectivity index is 1.66. The lowest BCUT2D eigenvalue weighted by Gasteiger charge is -2.21. The van der Waals surface area contributed by atoms with Crippen LogP contribution in [0.2, 0.25) is 0 Å². The number of aliphatic hydroxyl groups excluding tert-OH is 1. The first-order valence-corrected chi connectivity index (χ1v) is 7.34. The topological polar surface area (TPSA) is 68.8 Å².